The molecule has 0 radical (unpaired) electrons. The van der Waals surface area contributed by atoms with Crippen LogP contribution in [0.1, 0.15) is 32.7 Å². The van der Waals surface area contributed by atoms with E-state index in [0.717, 1.165) is 17.0 Å². The van der Waals surface area contributed by atoms with Gasteiger partial charge in [0.05, 0.1) is 24.8 Å². The molecule has 7 nitrogen and oxygen atoms in total. The second-order valence-corrected chi connectivity index (χ2v) is 7.89. The maximum atomic E-state index is 13.4. The van der Waals surface area contributed by atoms with Gasteiger partial charge in [-0.15, -0.1) is 0 Å². The third-order valence-electron chi connectivity index (χ3n) is 5.66. The molecule has 0 aromatic heterocycles. The number of hydrogen-bond acceptors (Lipinski definition) is 5. The lowest BCUT2D eigenvalue weighted by atomic mass is 10.1. The van der Waals surface area contributed by atoms with Crippen molar-refractivity contribution < 1.29 is 32.7 Å². The van der Waals surface area contributed by atoms with Crippen LogP contribution in [0.3, 0.4) is 0 Å². The first-order valence-corrected chi connectivity index (χ1v) is 10.6. The molecule has 0 N–H and O–H groups in total. The Hall–Kier alpha value is -4.40. The average Bonchev–Trinajstić information content (AvgIpc) is 3.16. The second-order valence-electron chi connectivity index (χ2n) is 7.89. The number of rotatable bonds is 6. The van der Waals surface area contributed by atoms with Crippen molar-refractivity contribution >= 4 is 29.4 Å². The molecule has 3 aromatic carbocycles. The lowest BCUT2D eigenvalue weighted by Gasteiger charge is -2.28. The first-order valence-electron chi connectivity index (χ1n) is 10.6. The van der Waals surface area contributed by atoms with Gasteiger partial charge in [-0.25, -0.2) is 18.5 Å². The molecule has 35 heavy (non-hydrogen) atoms. The van der Waals surface area contributed by atoms with Crippen LogP contribution in [0.5, 0.6) is 0 Å². The van der Waals surface area contributed by atoms with Gasteiger partial charge in [-0.05, 0) is 66.2 Å². The number of methoxy groups -OCH3 is 1. The Labute approximate surface area is 199 Å². The van der Waals surface area contributed by atoms with Crippen LogP contribution in [-0.4, -0.2) is 41.7 Å². The fourth-order valence-electron chi connectivity index (χ4n) is 3.86. The highest BCUT2D eigenvalue weighted by atomic mass is 19.1. The summed E-state index contributed by atoms with van der Waals surface area (Å²) in [6.07, 6.45) is -0.272. The van der Waals surface area contributed by atoms with Gasteiger partial charge < -0.3 is 9.64 Å². The molecule has 4 rings (SSSR count). The molecular formula is C26H20F2N2O5. The van der Waals surface area contributed by atoms with Crippen LogP contribution in [0.2, 0.25) is 0 Å². The van der Waals surface area contributed by atoms with Crippen LogP contribution in [0, 0.1) is 11.6 Å². The van der Waals surface area contributed by atoms with Crippen molar-refractivity contribution in [1.82, 2.24) is 4.90 Å². The van der Waals surface area contributed by atoms with E-state index in [0.29, 0.717) is 5.56 Å². The zero-order valence-electron chi connectivity index (χ0n) is 18.6. The number of hydrogen-bond donors (Lipinski definition) is 0. The lowest BCUT2D eigenvalue weighted by molar-refractivity contribution is -0.122. The van der Waals surface area contributed by atoms with E-state index in [4.69, 9.17) is 0 Å². The van der Waals surface area contributed by atoms with E-state index in [-0.39, 0.29) is 29.8 Å². The van der Waals surface area contributed by atoms with Gasteiger partial charge in [-0.1, -0.05) is 12.1 Å². The molecule has 3 amide bonds. The van der Waals surface area contributed by atoms with Crippen molar-refractivity contribution in [3.63, 3.8) is 0 Å². The number of ether oxygens (including phenoxy) is 1. The summed E-state index contributed by atoms with van der Waals surface area (Å²) >= 11 is 0. The Bertz CT molecular complexity index is 1270. The molecule has 0 spiro atoms. The fraction of sp³-hybridized carbons (Fsp3) is 0.154. The molecule has 1 aliphatic heterocycles. The SMILES string of the molecule is COC(=O)c1ccc(N2C(=O)CC(N(Cc3ccc(F)cc3)C(=O)c3ccc(F)cc3)C2=O)cc1. The number of amides is 3. The number of anilines is 1. The van der Waals surface area contributed by atoms with Crippen molar-refractivity contribution in [2.75, 3.05) is 12.0 Å². The van der Waals surface area contributed by atoms with Crippen LogP contribution in [-0.2, 0) is 20.9 Å². The van der Waals surface area contributed by atoms with E-state index < -0.39 is 41.4 Å². The van der Waals surface area contributed by atoms with E-state index in [9.17, 15) is 28.0 Å². The highest BCUT2D eigenvalue weighted by Gasteiger charge is 2.44. The largest absolute Gasteiger partial charge is 0.465 e. The number of benzene rings is 3. The normalized spacial score (nSPS) is 15.3. The highest BCUT2D eigenvalue weighted by molar-refractivity contribution is 6.23. The smallest absolute Gasteiger partial charge is 0.337 e. The summed E-state index contributed by atoms with van der Waals surface area (Å²) in [4.78, 5) is 53.4. The van der Waals surface area contributed by atoms with E-state index in [1.54, 1.807) is 0 Å². The summed E-state index contributed by atoms with van der Waals surface area (Å²) < 4.78 is 31.4. The average molecular weight is 478 g/mol. The summed E-state index contributed by atoms with van der Waals surface area (Å²) in [6.45, 7) is -0.0741. The minimum Gasteiger partial charge on any atom is -0.465 e. The number of nitrogens with zero attached hydrogens (tertiary/aromatic N) is 2. The lowest BCUT2D eigenvalue weighted by Crippen LogP contribution is -2.45. The standard InChI is InChI=1S/C26H20F2N2O5/c1-35-26(34)18-6-12-21(13-7-18)30-23(31)14-22(25(30)33)29(15-16-2-8-19(27)9-3-16)24(32)17-4-10-20(28)11-5-17/h2-13,22H,14-15H2,1H3. The number of carbonyl (C=O) groups is 4. The van der Waals surface area contributed by atoms with E-state index >= 15 is 0 Å². The predicted octanol–water partition coefficient (Wildman–Crippen LogP) is 3.73. The van der Waals surface area contributed by atoms with Gasteiger partial charge in [-0.2, -0.15) is 0 Å². The summed E-state index contributed by atoms with van der Waals surface area (Å²) in [7, 11) is 1.24. The molecule has 0 bridgehead atoms. The number of esters is 1. The summed E-state index contributed by atoms with van der Waals surface area (Å²) in [6, 6.07) is 14.8. The predicted molar refractivity (Wildman–Crippen MR) is 121 cm³/mol. The fourth-order valence-corrected chi connectivity index (χ4v) is 3.86. The molecule has 0 saturated carbocycles. The van der Waals surface area contributed by atoms with Gasteiger partial charge in [-0.3, -0.25) is 14.4 Å². The number of carbonyl (C=O) groups excluding carboxylic acids is 4. The molecule has 3 aromatic rings. The molecular weight excluding hydrogens is 458 g/mol. The monoisotopic (exact) mass is 478 g/mol. The van der Waals surface area contributed by atoms with E-state index in [1.807, 2.05) is 0 Å². The van der Waals surface area contributed by atoms with Crippen molar-refractivity contribution in [1.29, 1.82) is 0 Å². The number of halogens is 2. The minimum atomic E-state index is -1.13. The van der Waals surface area contributed by atoms with Gasteiger partial charge in [0.25, 0.3) is 11.8 Å². The molecule has 1 fully saturated rings. The summed E-state index contributed by atoms with van der Waals surface area (Å²) in [5.74, 6) is -3.29. The quantitative estimate of drug-likeness (QED) is 0.398. The van der Waals surface area contributed by atoms with Crippen LogP contribution in [0.4, 0.5) is 14.5 Å². The maximum absolute atomic E-state index is 13.4. The molecule has 1 saturated heterocycles. The van der Waals surface area contributed by atoms with Gasteiger partial charge in [0, 0.05) is 12.1 Å². The minimum absolute atomic E-state index is 0.0741. The van der Waals surface area contributed by atoms with Gasteiger partial charge in [0.2, 0.25) is 5.91 Å². The highest BCUT2D eigenvalue weighted by Crippen LogP contribution is 2.28. The third kappa shape index (κ3) is 4.93. The molecule has 178 valence electrons. The Morgan fingerprint density at radius 2 is 1.43 bits per heavy atom. The first-order chi connectivity index (χ1) is 16.8. The molecule has 1 unspecified atom stereocenters. The van der Waals surface area contributed by atoms with Gasteiger partial charge >= 0.3 is 5.97 Å². The summed E-state index contributed by atoms with van der Waals surface area (Å²) in [5, 5.41) is 0. The Kier molecular flexibility index (Phi) is 6.68. The summed E-state index contributed by atoms with van der Waals surface area (Å²) in [5.41, 5.74) is 1.17. The van der Waals surface area contributed by atoms with Crippen molar-refractivity contribution in [2.45, 2.75) is 19.0 Å². The Morgan fingerprint density at radius 3 is 2.00 bits per heavy atom. The molecule has 1 atom stereocenters. The van der Waals surface area contributed by atoms with Gasteiger partial charge in [0.1, 0.15) is 17.7 Å². The topological polar surface area (TPSA) is 84.0 Å². The van der Waals surface area contributed by atoms with E-state index in [1.165, 1.54) is 72.7 Å². The molecule has 0 aliphatic carbocycles. The first kappa shape index (κ1) is 23.7. The van der Waals surface area contributed by atoms with Crippen LogP contribution >= 0.6 is 0 Å². The molecule has 9 heteroatoms. The van der Waals surface area contributed by atoms with Crippen molar-refractivity contribution in [2.24, 2.45) is 0 Å². The molecule has 1 heterocycles. The Balaban J connectivity index is 1.65. The molecule has 1 aliphatic rings. The Morgan fingerprint density at radius 1 is 0.886 bits per heavy atom. The van der Waals surface area contributed by atoms with E-state index in [2.05, 4.69) is 4.74 Å². The maximum Gasteiger partial charge on any atom is 0.337 e. The van der Waals surface area contributed by atoms with Crippen LogP contribution in [0.15, 0.2) is 72.8 Å². The van der Waals surface area contributed by atoms with Crippen LogP contribution < -0.4 is 4.90 Å². The van der Waals surface area contributed by atoms with Crippen molar-refractivity contribution in [3.05, 3.63) is 101 Å². The number of imide groups is 1. The van der Waals surface area contributed by atoms with Crippen molar-refractivity contribution in [3.8, 4) is 0 Å². The third-order valence-corrected chi connectivity index (χ3v) is 5.66. The zero-order valence-corrected chi connectivity index (χ0v) is 18.6. The van der Waals surface area contributed by atoms with Gasteiger partial charge in [0.15, 0.2) is 0 Å². The second kappa shape index (κ2) is 9.84. The zero-order chi connectivity index (χ0) is 25.1. The van der Waals surface area contributed by atoms with Crippen LogP contribution in [0.25, 0.3) is 0 Å².